The van der Waals surface area contributed by atoms with Crippen LogP contribution in [0.1, 0.15) is 44.0 Å². The number of hydrogen-bond acceptors (Lipinski definition) is 1. The van der Waals surface area contributed by atoms with Crippen molar-refractivity contribution in [3.8, 4) is 0 Å². The van der Waals surface area contributed by atoms with Crippen molar-refractivity contribution in [1.82, 2.24) is 9.55 Å². The van der Waals surface area contributed by atoms with Gasteiger partial charge in [0.15, 0.2) is 0 Å². The largest absolute Gasteiger partial charge is 0.324 e. The molecule has 0 N–H and O–H groups in total. The van der Waals surface area contributed by atoms with Crippen molar-refractivity contribution >= 4 is 22.6 Å². The van der Waals surface area contributed by atoms with Gasteiger partial charge in [-0.3, -0.25) is 0 Å². The zero-order valence-corrected chi connectivity index (χ0v) is 10.7. The Morgan fingerprint density at radius 2 is 1.94 bits per heavy atom. The van der Waals surface area contributed by atoms with E-state index in [2.05, 4.69) is 27.8 Å². The molecule has 1 saturated carbocycles. The predicted octanol–water partition coefficient (Wildman–Crippen LogP) is 4.28. The summed E-state index contributed by atoms with van der Waals surface area (Å²) in [6.07, 6.45) is 6.58. The molecule has 1 fully saturated rings. The molecule has 0 bridgehead atoms. The molecule has 0 saturated heterocycles. The molecule has 1 aromatic carbocycles. The van der Waals surface area contributed by atoms with Crippen molar-refractivity contribution in [3.05, 3.63) is 30.1 Å². The average molecular weight is 249 g/mol. The molecule has 0 radical (unpaired) electrons. The Labute approximate surface area is 107 Å². The lowest BCUT2D eigenvalue weighted by Gasteiger charge is -2.25. The lowest BCUT2D eigenvalue weighted by atomic mass is 9.95. The maximum Gasteiger partial charge on any atom is 0.125 e. The summed E-state index contributed by atoms with van der Waals surface area (Å²) >= 11 is 6.04. The third kappa shape index (κ3) is 1.95. The fourth-order valence-electron chi connectivity index (χ4n) is 2.94. The summed E-state index contributed by atoms with van der Waals surface area (Å²) in [5, 5.41) is 0. The van der Waals surface area contributed by atoms with Gasteiger partial charge < -0.3 is 4.57 Å². The van der Waals surface area contributed by atoms with E-state index in [1.54, 1.807) is 0 Å². The first-order valence-electron chi connectivity index (χ1n) is 6.42. The Kier molecular flexibility index (Phi) is 3.06. The average Bonchev–Trinajstić information content (AvgIpc) is 2.78. The molecule has 1 aromatic heterocycles. The molecular weight excluding hydrogens is 232 g/mol. The molecule has 90 valence electrons. The van der Waals surface area contributed by atoms with Crippen LogP contribution in [0.2, 0.25) is 0 Å². The van der Waals surface area contributed by atoms with E-state index in [9.17, 15) is 0 Å². The Morgan fingerprint density at radius 1 is 1.18 bits per heavy atom. The third-order valence-corrected chi connectivity index (χ3v) is 3.97. The number of benzene rings is 1. The standard InChI is InChI=1S/C14H17ClN2/c15-10-14-16-12-8-4-5-9-13(12)17(14)11-6-2-1-3-7-11/h4-5,8-9,11H,1-3,6-7,10H2. The molecule has 1 aliphatic carbocycles. The number of aromatic nitrogens is 2. The molecule has 3 rings (SSSR count). The van der Waals surface area contributed by atoms with Crippen molar-refractivity contribution in [3.63, 3.8) is 0 Å². The van der Waals surface area contributed by atoms with Crippen LogP contribution in [-0.4, -0.2) is 9.55 Å². The minimum atomic E-state index is 0.505. The molecular formula is C14H17ClN2. The summed E-state index contributed by atoms with van der Waals surface area (Å²) in [5.74, 6) is 1.53. The second-order valence-corrected chi connectivity index (χ2v) is 5.08. The molecule has 0 unspecified atom stereocenters. The predicted molar refractivity (Wildman–Crippen MR) is 71.4 cm³/mol. The Morgan fingerprint density at radius 3 is 2.71 bits per heavy atom. The van der Waals surface area contributed by atoms with Gasteiger partial charge in [0.05, 0.1) is 16.9 Å². The smallest absolute Gasteiger partial charge is 0.125 e. The molecule has 2 nitrogen and oxygen atoms in total. The molecule has 3 heteroatoms. The summed E-state index contributed by atoms with van der Waals surface area (Å²) in [5.41, 5.74) is 2.32. The van der Waals surface area contributed by atoms with Crippen molar-refractivity contribution in [1.29, 1.82) is 0 Å². The maximum absolute atomic E-state index is 6.04. The van der Waals surface area contributed by atoms with E-state index >= 15 is 0 Å². The zero-order valence-electron chi connectivity index (χ0n) is 9.90. The van der Waals surface area contributed by atoms with E-state index in [-0.39, 0.29) is 0 Å². The van der Waals surface area contributed by atoms with Gasteiger partial charge in [-0.1, -0.05) is 31.4 Å². The minimum Gasteiger partial charge on any atom is -0.324 e. The number of alkyl halides is 1. The highest BCUT2D eigenvalue weighted by atomic mass is 35.5. The molecule has 0 atom stereocenters. The summed E-state index contributed by atoms with van der Waals surface area (Å²) in [7, 11) is 0. The van der Waals surface area contributed by atoms with E-state index in [4.69, 9.17) is 11.6 Å². The summed E-state index contributed by atoms with van der Waals surface area (Å²) < 4.78 is 2.38. The molecule has 1 heterocycles. The van der Waals surface area contributed by atoms with Crippen LogP contribution in [0.15, 0.2) is 24.3 Å². The van der Waals surface area contributed by atoms with Crippen LogP contribution < -0.4 is 0 Å². The van der Waals surface area contributed by atoms with Crippen LogP contribution in [0.25, 0.3) is 11.0 Å². The lowest BCUT2D eigenvalue weighted by molar-refractivity contribution is 0.354. The molecule has 1 aliphatic rings. The fraction of sp³-hybridized carbons (Fsp3) is 0.500. The number of para-hydroxylation sites is 2. The summed E-state index contributed by atoms with van der Waals surface area (Å²) in [6, 6.07) is 8.96. The Bertz CT molecular complexity index is 512. The van der Waals surface area contributed by atoms with Gasteiger partial charge in [-0.25, -0.2) is 4.98 Å². The lowest BCUT2D eigenvalue weighted by Crippen LogP contribution is -2.14. The van der Waals surface area contributed by atoms with Crippen molar-refractivity contribution in [2.45, 2.75) is 44.0 Å². The van der Waals surface area contributed by atoms with Gasteiger partial charge in [0.2, 0.25) is 0 Å². The Hall–Kier alpha value is -1.02. The monoisotopic (exact) mass is 248 g/mol. The van der Waals surface area contributed by atoms with Crippen LogP contribution in [0, 0.1) is 0 Å². The third-order valence-electron chi connectivity index (χ3n) is 3.73. The van der Waals surface area contributed by atoms with E-state index < -0.39 is 0 Å². The Balaban J connectivity index is 2.11. The quantitative estimate of drug-likeness (QED) is 0.726. The first-order valence-corrected chi connectivity index (χ1v) is 6.95. The second-order valence-electron chi connectivity index (χ2n) is 4.81. The van der Waals surface area contributed by atoms with Gasteiger partial charge in [0.25, 0.3) is 0 Å². The number of halogens is 1. The molecule has 17 heavy (non-hydrogen) atoms. The first-order chi connectivity index (χ1) is 8.40. The summed E-state index contributed by atoms with van der Waals surface area (Å²) in [6.45, 7) is 0. The maximum atomic E-state index is 6.04. The van der Waals surface area contributed by atoms with Gasteiger partial charge in [-0.2, -0.15) is 0 Å². The van der Waals surface area contributed by atoms with Crippen LogP contribution in [-0.2, 0) is 5.88 Å². The van der Waals surface area contributed by atoms with Crippen molar-refractivity contribution < 1.29 is 0 Å². The SMILES string of the molecule is ClCc1nc2ccccc2n1C1CCCCC1. The molecule has 0 aliphatic heterocycles. The van der Waals surface area contributed by atoms with Gasteiger partial charge in [0, 0.05) is 6.04 Å². The van der Waals surface area contributed by atoms with Crippen LogP contribution in [0.4, 0.5) is 0 Å². The number of hydrogen-bond donors (Lipinski definition) is 0. The van der Waals surface area contributed by atoms with Crippen molar-refractivity contribution in [2.75, 3.05) is 0 Å². The van der Waals surface area contributed by atoms with Crippen LogP contribution in [0.5, 0.6) is 0 Å². The van der Waals surface area contributed by atoms with E-state index in [0.29, 0.717) is 11.9 Å². The molecule has 0 spiro atoms. The van der Waals surface area contributed by atoms with Gasteiger partial charge in [0.1, 0.15) is 5.82 Å². The topological polar surface area (TPSA) is 17.8 Å². The van der Waals surface area contributed by atoms with Crippen LogP contribution >= 0.6 is 11.6 Å². The van der Waals surface area contributed by atoms with Crippen LogP contribution in [0.3, 0.4) is 0 Å². The highest BCUT2D eigenvalue weighted by Crippen LogP contribution is 2.32. The highest BCUT2D eigenvalue weighted by Gasteiger charge is 2.20. The van der Waals surface area contributed by atoms with Gasteiger partial charge >= 0.3 is 0 Å². The summed E-state index contributed by atoms with van der Waals surface area (Å²) in [4.78, 5) is 4.64. The highest BCUT2D eigenvalue weighted by molar-refractivity contribution is 6.16. The molecule has 2 aromatic rings. The van der Waals surface area contributed by atoms with E-state index in [0.717, 1.165) is 11.3 Å². The van der Waals surface area contributed by atoms with E-state index in [1.165, 1.54) is 37.6 Å². The second kappa shape index (κ2) is 4.69. The van der Waals surface area contributed by atoms with Crippen molar-refractivity contribution in [2.24, 2.45) is 0 Å². The number of imidazole rings is 1. The number of fused-ring (bicyclic) bond motifs is 1. The fourth-order valence-corrected chi connectivity index (χ4v) is 3.12. The molecule has 0 amide bonds. The normalized spacial score (nSPS) is 17.7. The van der Waals surface area contributed by atoms with Gasteiger partial charge in [-0.15, -0.1) is 11.6 Å². The zero-order chi connectivity index (χ0) is 11.7. The van der Waals surface area contributed by atoms with Gasteiger partial charge in [-0.05, 0) is 25.0 Å². The number of nitrogens with zero attached hydrogens (tertiary/aromatic N) is 2. The number of rotatable bonds is 2. The minimum absolute atomic E-state index is 0.505. The van der Waals surface area contributed by atoms with E-state index in [1.807, 2.05) is 6.07 Å². The first kappa shape index (κ1) is 11.1.